The Labute approximate surface area is 94.1 Å². The molecule has 0 saturated carbocycles. The molecule has 1 rings (SSSR count). The Kier molecular flexibility index (Phi) is 4.25. The van der Waals surface area contributed by atoms with E-state index in [4.69, 9.17) is 5.73 Å². The summed E-state index contributed by atoms with van der Waals surface area (Å²) >= 11 is 0. The lowest BCUT2D eigenvalue weighted by Crippen LogP contribution is -2.41. The Hall–Kier alpha value is -1.62. The summed E-state index contributed by atoms with van der Waals surface area (Å²) in [5.74, 6) is -0.376. The van der Waals surface area contributed by atoms with Gasteiger partial charge in [0.15, 0.2) is 0 Å². The number of nitrogens with one attached hydrogen (secondary N) is 2. The highest BCUT2D eigenvalue weighted by molar-refractivity contribution is 5.93. The molecule has 1 unspecified atom stereocenters. The van der Waals surface area contributed by atoms with Crippen LogP contribution in [0.25, 0.3) is 0 Å². The number of amides is 1. The third-order valence-electron chi connectivity index (χ3n) is 2.41. The minimum absolute atomic E-state index is 0.0896. The molecule has 0 aliphatic rings. The van der Waals surface area contributed by atoms with Gasteiger partial charge in [-0.1, -0.05) is 6.92 Å². The molecule has 1 heterocycles. The van der Waals surface area contributed by atoms with Crippen molar-refractivity contribution >= 4 is 5.91 Å². The fraction of sp³-hybridized carbons (Fsp3) is 0.455. The molecule has 0 aromatic carbocycles. The van der Waals surface area contributed by atoms with E-state index < -0.39 is 0 Å². The lowest BCUT2D eigenvalue weighted by atomic mass is 10.2. The van der Waals surface area contributed by atoms with Crippen molar-refractivity contribution in [3.63, 3.8) is 0 Å². The molecule has 16 heavy (non-hydrogen) atoms. The molecule has 1 aromatic rings. The maximum Gasteiger partial charge on any atom is 0.260 e. The van der Waals surface area contributed by atoms with Crippen LogP contribution in [0.4, 0.5) is 0 Å². The summed E-state index contributed by atoms with van der Waals surface area (Å²) in [5, 5.41) is 2.71. The summed E-state index contributed by atoms with van der Waals surface area (Å²) in [6.45, 7) is 4.06. The summed E-state index contributed by atoms with van der Waals surface area (Å²) in [7, 11) is 0. The highest BCUT2D eigenvalue weighted by Gasteiger charge is 2.13. The molecule has 0 aliphatic heterocycles. The van der Waals surface area contributed by atoms with Gasteiger partial charge in [0.2, 0.25) is 0 Å². The molecule has 0 radical (unpaired) electrons. The number of aromatic amines is 1. The molecule has 88 valence electrons. The minimum Gasteiger partial charge on any atom is -0.348 e. The second kappa shape index (κ2) is 5.46. The van der Waals surface area contributed by atoms with E-state index in [0.29, 0.717) is 6.54 Å². The van der Waals surface area contributed by atoms with Crippen molar-refractivity contribution in [2.45, 2.75) is 26.3 Å². The molecule has 0 aliphatic carbocycles. The first kappa shape index (κ1) is 12.4. The number of nitrogens with two attached hydrogens (primary N) is 1. The Bertz CT molecular complexity index is 421. The fourth-order valence-electron chi connectivity index (χ4n) is 1.34. The Morgan fingerprint density at radius 2 is 2.25 bits per heavy atom. The van der Waals surface area contributed by atoms with Gasteiger partial charge in [-0.2, -0.15) is 0 Å². The average molecular weight is 223 g/mol. The van der Waals surface area contributed by atoms with Gasteiger partial charge in [-0.15, -0.1) is 0 Å². The zero-order chi connectivity index (χ0) is 12.1. The van der Waals surface area contributed by atoms with Crippen LogP contribution in [0, 0.1) is 6.92 Å². The van der Waals surface area contributed by atoms with E-state index in [-0.39, 0.29) is 23.1 Å². The number of aryl methyl sites for hydroxylation is 1. The van der Waals surface area contributed by atoms with Gasteiger partial charge in [0, 0.05) is 18.3 Å². The summed E-state index contributed by atoms with van der Waals surface area (Å²) in [6, 6.07) is 3.13. The quantitative estimate of drug-likeness (QED) is 0.679. The smallest absolute Gasteiger partial charge is 0.260 e. The summed E-state index contributed by atoms with van der Waals surface area (Å²) in [4.78, 5) is 25.8. The molecule has 5 heteroatoms. The van der Waals surface area contributed by atoms with Crippen molar-refractivity contribution in [1.29, 1.82) is 0 Å². The van der Waals surface area contributed by atoms with Crippen molar-refractivity contribution < 1.29 is 4.79 Å². The third-order valence-corrected chi connectivity index (χ3v) is 2.41. The van der Waals surface area contributed by atoms with Crippen molar-refractivity contribution in [3.8, 4) is 0 Å². The van der Waals surface area contributed by atoms with Gasteiger partial charge in [-0.05, 0) is 25.5 Å². The lowest BCUT2D eigenvalue weighted by molar-refractivity contribution is 0.0935. The molecule has 0 spiro atoms. The SMILES string of the molecule is CCC(CN)NC(=O)c1ccc(C)[nH]c1=O. The van der Waals surface area contributed by atoms with E-state index in [9.17, 15) is 9.59 Å². The van der Waals surface area contributed by atoms with E-state index >= 15 is 0 Å². The van der Waals surface area contributed by atoms with Crippen molar-refractivity contribution in [1.82, 2.24) is 10.3 Å². The maximum absolute atomic E-state index is 11.7. The summed E-state index contributed by atoms with van der Waals surface area (Å²) in [6.07, 6.45) is 0.742. The first-order valence-corrected chi connectivity index (χ1v) is 5.29. The second-order valence-corrected chi connectivity index (χ2v) is 3.70. The van der Waals surface area contributed by atoms with E-state index in [1.807, 2.05) is 6.92 Å². The van der Waals surface area contributed by atoms with Gasteiger partial charge < -0.3 is 16.0 Å². The van der Waals surface area contributed by atoms with Crippen LogP contribution in [0.5, 0.6) is 0 Å². The molecule has 0 fully saturated rings. The van der Waals surface area contributed by atoms with Crippen molar-refractivity contribution in [2.75, 3.05) is 6.54 Å². The summed E-state index contributed by atoms with van der Waals surface area (Å²) < 4.78 is 0. The topological polar surface area (TPSA) is 88.0 Å². The number of carbonyl (C=O) groups is 1. The van der Waals surface area contributed by atoms with Gasteiger partial charge in [0.1, 0.15) is 5.56 Å². The molecule has 0 saturated heterocycles. The Morgan fingerprint density at radius 3 is 2.75 bits per heavy atom. The van der Waals surface area contributed by atoms with Crippen LogP contribution in [-0.2, 0) is 0 Å². The molecule has 1 aromatic heterocycles. The zero-order valence-corrected chi connectivity index (χ0v) is 9.54. The van der Waals surface area contributed by atoms with Crippen LogP contribution < -0.4 is 16.6 Å². The maximum atomic E-state index is 11.7. The largest absolute Gasteiger partial charge is 0.348 e. The van der Waals surface area contributed by atoms with E-state index in [1.54, 1.807) is 13.0 Å². The fourth-order valence-corrected chi connectivity index (χ4v) is 1.34. The molecular weight excluding hydrogens is 206 g/mol. The predicted octanol–water partition coefficient (Wildman–Crippen LogP) is 0.150. The zero-order valence-electron chi connectivity index (χ0n) is 9.54. The van der Waals surface area contributed by atoms with Crippen LogP contribution in [0.3, 0.4) is 0 Å². The Morgan fingerprint density at radius 1 is 1.56 bits per heavy atom. The lowest BCUT2D eigenvalue weighted by Gasteiger charge is -2.14. The summed E-state index contributed by atoms with van der Waals surface area (Å²) in [5.41, 5.74) is 5.95. The highest BCUT2D eigenvalue weighted by atomic mass is 16.2. The first-order valence-electron chi connectivity index (χ1n) is 5.29. The molecule has 1 atom stereocenters. The monoisotopic (exact) mass is 223 g/mol. The number of pyridine rings is 1. The van der Waals surface area contributed by atoms with E-state index in [1.165, 1.54) is 6.07 Å². The van der Waals surface area contributed by atoms with E-state index in [2.05, 4.69) is 10.3 Å². The second-order valence-electron chi connectivity index (χ2n) is 3.70. The van der Waals surface area contributed by atoms with Gasteiger partial charge >= 0.3 is 0 Å². The molecule has 1 amide bonds. The van der Waals surface area contributed by atoms with Gasteiger partial charge in [-0.25, -0.2) is 0 Å². The number of hydrogen-bond donors (Lipinski definition) is 3. The van der Waals surface area contributed by atoms with Crippen LogP contribution in [0.15, 0.2) is 16.9 Å². The first-order chi connectivity index (χ1) is 7.58. The van der Waals surface area contributed by atoms with Crippen LogP contribution in [0.1, 0.15) is 29.4 Å². The van der Waals surface area contributed by atoms with Crippen LogP contribution in [0.2, 0.25) is 0 Å². The minimum atomic E-state index is -0.376. The predicted molar refractivity (Wildman–Crippen MR) is 62.4 cm³/mol. The number of rotatable bonds is 4. The van der Waals surface area contributed by atoms with E-state index in [0.717, 1.165) is 12.1 Å². The molecule has 4 N–H and O–H groups in total. The number of carbonyl (C=O) groups excluding carboxylic acids is 1. The normalized spacial score (nSPS) is 12.2. The average Bonchev–Trinajstić information content (AvgIpc) is 2.25. The van der Waals surface area contributed by atoms with Crippen molar-refractivity contribution in [3.05, 3.63) is 33.7 Å². The molecule has 5 nitrogen and oxygen atoms in total. The standard InChI is InChI=1S/C11H17N3O2/c1-3-8(6-12)14-11(16)9-5-4-7(2)13-10(9)15/h4-5,8H,3,6,12H2,1-2H3,(H,13,15)(H,14,16). The Balaban J connectivity index is 2.85. The highest BCUT2D eigenvalue weighted by Crippen LogP contribution is 1.96. The number of hydrogen-bond acceptors (Lipinski definition) is 3. The van der Waals surface area contributed by atoms with Crippen LogP contribution in [-0.4, -0.2) is 23.5 Å². The third kappa shape index (κ3) is 2.93. The van der Waals surface area contributed by atoms with Gasteiger partial charge in [0.05, 0.1) is 0 Å². The van der Waals surface area contributed by atoms with Crippen molar-refractivity contribution in [2.24, 2.45) is 5.73 Å². The van der Waals surface area contributed by atoms with Crippen LogP contribution >= 0.6 is 0 Å². The van der Waals surface area contributed by atoms with Gasteiger partial charge in [-0.3, -0.25) is 9.59 Å². The molecule has 0 bridgehead atoms. The van der Waals surface area contributed by atoms with Gasteiger partial charge in [0.25, 0.3) is 11.5 Å². The molecular formula is C11H17N3O2. The number of H-pyrrole nitrogens is 1. The number of aromatic nitrogens is 1.